The number of aliphatic hydroxyl groups excluding tert-OH is 1. The molecule has 0 saturated carbocycles. The number of likely N-dealkylation sites (N-methyl/N-ethyl adjacent to an activating group) is 1. The zero-order valence-corrected chi connectivity index (χ0v) is 7.30. The molecule has 1 rings (SSSR count). The van der Waals surface area contributed by atoms with Gasteiger partial charge < -0.3 is 26.7 Å². The van der Waals surface area contributed by atoms with Crippen molar-refractivity contribution in [1.82, 2.24) is 0 Å². The van der Waals surface area contributed by atoms with Gasteiger partial charge in [0.1, 0.15) is 0 Å². The highest BCUT2D eigenvalue weighted by Gasteiger charge is 2.40. The SMILES string of the molecule is C[N+](C)(C)C(O)C1CO1.[Cl-]. The van der Waals surface area contributed by atoms with Gasteiger partial charge in [-0.3, -0.25) is 0 Å². The minimum absolute atomic E-state index is 0. The number of quaternary nitrogens is 1. The fourth-order valence-corrected chi connectivity index (χ4v) is 0.726. The summed E-state index contributed by atoms with van der Waals surface area (Å²) in [6, 6.07) is 0. The summed E-state index contributed by atoms with van der Waals surface area (Å²) in [5.41, 5.74) is 0. The van der Waals surface area contributed by atoms with Crippen LogP contribution >= 0.6 is 0 Å². The number of halogens is 1. The molecule has 0 aliphatic carbocycles. The van der Waals surface area contributed by atoms with E-state index in [-0.39, 0.29) is 24.7 Å². The summed E-state index contributed by atoms with van der Waals surface area (Å²) in [5.74, 6) is 0. The molecule has 1 fully saturated rings. The van der Waals surface area contributed by atoms with Crippen molar-refractivity contribution in [3.8, 4) is 0 Å². The van der Waals surface area contributed by atoms with E-state index in [4.69, 9.17) is 4.74 Å². The van der Waals surface area contributed by atoms with E-state index in [9.17, 15) is 5.11 Å². The molecule has 0 radical (unpaired) electrons. The lowest BCUT2D eigenvalue weighted by Gasteiger charge is -2.28. The maximum absolute atomic E-state index is 9.37. The Kier molecular flexibility index (Phi) is 3.10. The average Bonchev–Trinajstić information content (AvgIpc) is 2.40. The molecule has 10 heavy (non-hydrogen) atoms. The Bertz CT molecular complexity index is 109. The molecule has 4 heteroatoms. The number of hydrogen-bond acceptors (Lipinski definition) is 2. The Labute approximate surface area is 67.6 Å². The topological polar surface area (TPSA) is 32.8 Å². The predicted octanol–water partition coefficient (Wildman–Crippen LogP) is -3.59. The molecule has 0 amide bonds. The molecule has 0 bridgehead atoms. The molecule has 1 saturated heterocycles. The maximum atomic E-state index is 9.37. The van der Waals surface area contributed by atoms with Gasteiger partial charge in [0.15, 0.2) is 6.10 Å². The van der Waals surface area contributed by atoms with Gasteiger partial charge in [0.05, 0.1) is 27.7 Å². The van der Waals surface area contributed by atoms with Crippen molar-refractivity contribution in [3.05, 3.63) is 0 Å². The minimum Gasteiger partial charge on any atom is -1.00 e. The van der Waals surface area contributed by atoms with E-state index in [0.29, 0.717) is 4.48 Å². The lowest BCUT2D eigenvalue weighted by atomic mass is 10.3. The summed E-state index contributed by atoms with van der Waals surface area (Å²) < 4.78 is 5.49. The molecule has 1 heterocycles. The van der Waals surface area contributed by atoms with Crippen molar-refractivity contribution in [2.24, 2.45) is 0 Å². The zero-order valence-electron chi connectivity index (χ0n) is 6.54. The second-order valence-corrected chi connectivity index (χ2v) is 3.40. The lowest BCUT2D eigenvalue weighted by molar-refractivity contribution is -0.919. The number of hydrogen-bond donors (Lipinski definition) is 1. The first-order valence-electron chi connectivity index (χ1n) is 3.12. The fraction of sp³-hybridized carbons (Fsp3) is 1.00. The Morgan fingerprint density at radius 1 is 1.50 bits per heavy atom. The van der Waals surface area contributed by atoms with E-state index in [0.717, 1.165) is 6.61 Å². The van der Waals surface area contributed by atoms with E-state index in [1.54, 1.807) is 0 Å². The van der Waals surface area contributed by atoms with Gasteiger partial charge in [0, 0.05) is 0 Å². The van der Waals surface area contributed by atoms with Gasteiger partial charge in [-0.1, -0.05) is 0 Å². The van der Waals surface area contributed by atoms with Gasteiger partial charge in [-0.2, -0.15) is 0 Å². The quantitative estimate of drug-likeness (QED) is 0.262. The summed E-state index contributed by atoms with van der Waals surface area (Å²) >= 11 is 0. The van der Waals surface area contributed by atoms with Crippen molar-refractivity contribution in [1.29, 1.82) is 0 Å². The minimum atomic E-state index is -0.356. The molecule has 1 aliphatic heterocycles. The first-order valence-corrected chi connectivity index (χ1v) is 3.12. The third-order valence-corrected chi connectivity index (χ3v) is 1.49. The van der Waals surface area contributed by atoms with Crippen molar-refractivity contribution in [2.45, 2.75) is 12.3 Å². The van der Waals surface area contributed by atoms with Gasteiger partial charge >= 0.3 is 0 Å². The van der Waals surface area contributed by atoms with Crippen molar-refractivity contribution >= 4 is 0 Å². The van der Waals surface area contributed by atoms with Crippen LogP contribution in [0.15, 0.2) is 0 Å². The summed E-state index contributed by atoms with van der Waals surface area (Å²) in [6.45, 7) is 0.719. The van der Waals surface area contributed by atoms with Gasteiger partial charge in [0.2, 0.25) is 6.23 Å². The number of aliphatic hydroxyl groups is 1. The molecule has 3 nitrogen and oxygen atoms in total. The third kappa shape index (κ3) is 2.42. The van der Waals surface area contributed by atoms with E-state index in [2.05, 4.69) is 0 Å². The number of ether oxygens (including phenoxy) is 1. The molecular weight excluding hydrogens is 154 g/mol. The number of nitrogens with zero attached hydrogens (tertiary/aromatic N) is 1. The van der Waals surface area contributed by atoms with E-state index in [1.165, 1.54) is 0 Å². The summed E-state index contributed by atoms with van der Waals surface area (Å²) in [5, 5.41) is 9.37. The maximum Gasteiger partial charge on any atom is 0.219 e. The average molecular weight is 168 g/mol. The van der Waals surface area contributed by atoms with Crippen LogP contribution in [0.25, 0.3) is 0 Å². The van der Waals surface area contributed by atoms with Crippen LogP contribution < -0.4 is 12.4 Å². The van der Waals surface area contributed by atoms with Crippen LogP contribution in [0, 0.1) is 0 Å². The highest BCUT2D eigenvalue weighted by molar-refractivity contribution is 4.71. The lowest BCUT2D eigenvalue weighted by Crippen LogP contribution is -3.00. The summed E-state index contributed by atoms with van der Waals surface area (Å²) in [4.78, 5) is 0. The molecule has 0 aromatic heterocycles. The second-order valence-electron chi connectivity index (χ2n) is 3.40. The van der Waals surface area contributed by atoms with Gasteiger partial charge in [-0.15, -0.1) is 0 Å². The molecule has 62 valence electrons. The van der Waals surface area contributed by atoms with Crippen LogP contribution in [0.2, 0.25) is 0 Å². The Morgan fingerprint density at radius 2 is 1.90 bits per heavy atom. The molecule has 2 unspecified atom stereocenters. The highest BCUT2D eigenvalue weighted by Crippen LogP contribution is 2.18. The van der Waals surface area contributed by atoms with Crippen LogP contribution in [0.1, 0.15) is 0 Å². The van der Waals surface area contributed by atoms with Crippen LogP contribution in [0.3, 0.4) is 0 Å². The highest BCUT2D eigenvalue weighted by atomic mass is 35.5. The van der Waals surface area contributed by atoms with Gasteiger partial charge in [-0.25, -0.2) is 0 Å². The zero-order chi connectivity index (χ0) is 7.07. The molecular formula is C6H14ClNO2. The predicted molar refractivity (Wildman–Crippen MR) is 33.8 cm³/mol. The Morgan fingerprint density at radius 3 is 2.00 bits per heavy atom. The van der Waals surface area contributed by atoms with Crippen molar-refractivity contribution in [2.75, 3.05) is 27.7 Å². The van der Waals surface area contributed by atoms with Crippen molar-refractivity contribution in [3.63, 3.8) is 0 Å². The Hall–Kier alpha value is 0.170. The normalized spacial score (nSPS) is 27.0. The van der Waals surface area contributed by atoms with Crippen LogP contribution in [-0.2, 0) is 4.74 Å². The smallest absolute Gasteiger partial charge is 0.219 e. The summed E-state index contributed by atoms with van der Waals surface area (Å²) in [7, 11) is 5.85. The van der Waals surface area contributed by atoms with E-state index < -0.39 is 0 Å². The fourth-order valence-electron chi connectivity index (χ4n) is 0.726. The number of epoxide rings is 1. The molecule has 1 N–H and O–H groups in total. The van der Waals surface area contributed by atoms with Gasteiger partial charge in [-0.05, 0) is 0 Å². The third-order valence-electron chi connectivity index (χ3n) is 1.49. The molecule has 2 atom stereocenters. The molecule has 1 aliphatic rings. The standard InChI is InChI=1S/C6H14NO2.ClH/c1-7(2,3)6(8)5-4-9-5;/h5-6,8H,4H2,1-3H3;1H/q+1;/p-1. The largest absolute Gasteiger partial charge is 1.00 e. The van der Waals surface area contributed by atoms with Crippen LogP contribution in [-0.4, -0.2) is 49.7 Å². The number of rotatable bonds is 2. The first kappa shape index (κ1) is 10.2. The van der Waals surface area contributed by atoms with Crippen LogP contribution in [0.4, 0.5) is 0 Å². The second kappa shape index (κ2) is 3.05. The first-order chi connectivity index (χ1) is 4.02. The molecule has 0 aromatic carbocycles. The molecule has 0 aromatic rings. The van der Waals surface area contributed by atoms with Crippen molar-refractivity contribution < 1.29 is 26.7 Å². The monoisotopic (exact) mass is 167 g/mol. The van der Waals surface area contributed by atoms with E-state index >= 15 is 0 Å². The van der Waals surface area contributed by atoms with Gasteiger partial charge in [0.25, 0.3) is 0 Å². The van der Waals surface area contributed by atoms with E-state index in [1.807, 2.05) is 21.1 Å². The molecule has 0 spiro atoms. The summed E-state index contributed by atoms with van der Waals surface area (Å²) in [6.07, 6.45) is -0.269. The Balaban J connectivity index is 0.000000810. The van der Waals surface area contributed by atoms with Crippen LogP contribution in [0.5, 0.6) is 0 Å².